The van der Waals surface area contributed by atoms with Crippen LogP contribution in [-0.2, 0) is 14.8 Å². The molecule has 0 radical (unpaired) electrons. The van der Waals surface area contributed by atoms with E-state index >= 15 is 0 Å². The zero-order chi connectivity index (χ0) is 14.3. The molecule has 1 aliphatic carbocycles. The maximum absolute atomic E-state index is 11.8. The first-order chi connectivity index (χ1) is 8.98. The normalized spacial score (nSPS) is 17.0. The van der Waals surface area contributed by atoms with E-state index in [0.717, 1.165) is 38.5 Å². The van der Waals surface area contributed by atoms with Gasteiger partial charge in [-0.1, -0.05) is 26.7 Å². The van der Waals surface area contributed by atoms with E-state index in [1.165, 1.54) is 0 Å². The number of sulfonamides is 1. The van der Waals surface area contributed by atoms with Gasteiger partial charge in [0.15, 0.2) is 0 Å². The highest BCUT2D eigenvalue weighted by Crippen LogP contribution is 2.18. The Morgan fingerprint density at radius 1 is 1.21 bits per heavy atom. The van der Waals surface area contributed by atoms with Crippen LogP contribution in [-0.4, -0.2) is 32.7 Å². The fourth-order valence-electron chi connectivity index (χ4n) is 2.47. The summed E-state index contributed by atoms with van der Waals surface area (Å²) in [4.78, 5) is 11.7. The van der Waals surface area contributed by atoms with Crippen molar-refractivity contribution in [1.29, 1.82) is 0 Å². The van der Waals surface area contributed by atoms with E-state index in [1.807, 2.05) is 13.8 Å². The first kappa shape index (κ1) is 16.4. The summed E-state index contributed by atoms with van der Waals surface area (Å²) in [6, 6.07) is 0.0970. The number of carbonyl (C=O) groups excluding carboxylic acids is 1. The molecule has 0 aromatic rings. The van der Waals surface area contributed by atoms with Crippen molar-refractivity contribution >= 4 is 15.9 Å². The van der Waals surface area contributed by atoms with Crippen LogP contribution in [0.4, 0.5) is 0 Å². The molecule has 0 aromatic heterocycles. The van der Waals surface area contributed by atoms with E-state index in [0.29, 0.717) is 0 Å². The quantitative estimate of drug-likeness (QED) is 0.709. The molecule has 5 nitrogen and oxygen atoms in total. The van der Waals surface area contributed by atoms with Gasteiger partial charge >= 0.3 is 0 Å². The van der Waals surface area contributed by atoms with Crippen molar-refractivity contribution in [2.45, 2.75) is 58.4 Å². The maximum Gasteiger partial charge on any atom is 0.223 e. The molecule has 0 aromatic carbocycles. The molecule has 1 fully saturated rings. The number of rotatable bonds is 8. The van der Waals surface area contributed by atoms with Crippen LogP contribution in [0.25, 0.3) is 0 Å². The van der Waals surface area contributed by atoms with Crippen LogP contribution in [0, 0.1) is 5.92 Å². The minimum absolute atomic E-state index is 0.00880. The van der Waals surface area contributed by atoms with Crippen molar-refractivity contribution in [3.63, 3.8) is 0 Å². The third kappa shape index (κ3) is 5.91. The molecule has 1 aliphatic rings. The highest BCUT2D eigenvalue weighted by atomic mass is 32.2. The van der Waals surface area contributed by atoms with Gasteiger partial charge in [-0.2, -0.15) is 0 Å². The molecule has 0 unspecified atom stereocenters. The lowest BCUT2D eigenvalue weighted by Gasteiger charge is -2.15. The summed E-state index contributed by atoms with van der Waals surface area (Å²) >= 11 is 0. The second-order valence-corrected chi connectivity index (χ2v) is 7.10. The van der Waals surface area contributed by atoms with Gasteiger partial charge in [-0.25, -0.2) is 13.1 Å². The number of carbonyl (C=O) groups is 1. The predicted octanol–water partition coefficient (Wildman–Crippen LogP) is 1.40. The Kier molecular flexibility index (Phi) is 6.79. The van der Waals surface area contributed by atoms with Crippen molar-refractivity contribution in [2.75, 3.05) is 12.3 Å². The summed E-state index contributed by atoms with van der Waals surface area (Å²) in [5.74, 6) is -0.0818. The Bertz CT molecular complexity index is 371. The van der Waals surface area contributed by atoms with Crippen molar-refractivity contribution in [3.8, 4) is 0 Å². The lowest BCUT2D eigenvalue weighted by Crippen LogP contribution is -2.39. The molecule has 0 saturated heterocycles. The van der Waals surface area contributed by atoms with Crippen LogP contribution >= 0.6 is 0 Å². The Morgan fingerprint density at radius 3 is 2.32 bits per heavy atom. The highest BCUT2D eigenvalue weighted by molar-refractivity contribution is 7.89. The summed E-state index contributed by atoms with van der Waals surface area (Å²) in [7, 11) is -3.26. The van der Waals surface area contributed by atoms with Gasteiger partial charge < -0.3 is 5.32 Å². The molecule has 0 atom stereocenters. The Labute approximate surface area is 116 Å². The molecule has 1 rings (SSSR count). The predicted molar refractivity (Wildman–Crippen MR) is 76.3 cm³/mol. The molecule has 0 heterocycles. The minimum Gasteiger partial charge on any atom is -0.355 e. The lowest BCUT2D eigenvalue weighted by atomic mass is 10.0. The Morgan fingerprint density at radius 2 is 1.79 bits per heavy atom. The number of hydrogen-bond donors (Lipinski definition) is 2. The van der Waals surface area contributed by atoms with Gasteiger partial charge in [0.05, 0.1) is 5.75 Å². The SMILES string of the molecule is CCC(CC)C(=O)NCCS(=O)(=O)NC1CCCC1. The van der Waals surface area contributed by atoms with Crippen LogP contribution in [0.2, 0.25) is 0 Å². The lowest BCUT2D eigenvalue weighted by molar-refractivity contribution is -0.125. The van der Waals surface area contributed by atoms with Crippen molar-refractivity contribution in [1.82, 2.24) is 10.0 Å². The molecule has 1 amide bonds. The fourth-order valence-corrected chi connectivity index (χ4v) is 3.70. The first-order valence-electron chi connectivity index (χ1n) is 7.26. The molecule has 112 valence electrons. The molecule has 19 heavy (non-hydrogen) atoms. The van der Waals surface area contributed by atoms with E-state index in [2.05, 4.69) is 10.0 Å². The summed E-state index contributed by atoms with van der Waals surface area (Å²) < 4.78 is 26.3. The zero-order valence-electron chi connectivity index (χ0n) is 11.9. The monoisotopic (exact) mass is 290 g/mol. The second-order valence-electron chi connectivity index (χ2n) is 5.22. The van der Waals surface area contributed by atoms with E-state index in [4.69, 9.17) is 0 Å². The standard InChI is InChI=1S/C13H26N2O3S/c1-3-11(4-2)13(16)14-9-10-19(17,18)15-12-7-5-6-8-12/h11-12,15H,3-10H2,1-2H3,(H,14,16). The van der Waals surface area contributed by atoms with Crippen molar-refractivity contribution in [2.24, 2.45) is 5.92 Å². The van der Waals surface area contributed by atoms with Gasteiger partial charge in [-0.05, 0) is 25.7 Å². The molecule has 0 spiro atoms. The second kappa shape index (κ2) is 7.85. The summed E-state index contributed by atoms with van der Waals surface area (Å²) in [5.41, 5.74) is 0. The van der Waals surface area contributed by atoms with Gasteiger partial charge in [0.25, 0.3) is 0 Å². The van der Waals surface area contributed by atoms with Crippen LogP contribution < -0.4 is 10.0 Å². The number of hydrogen-bond acceptors (Lipinski definition) is 3. The average Bonchev–Trinajstić information content (AvgIpc) is 2.82. The third-order valence-electron chi connectivity index (χ3n) is 3.73. The zero-order valence-corrected chi connectivity index (χ0v) is 12.8. The van der Waals surface area contributed by atoms with Crippen LogP contribution in [0.3, 0.4) is 0 Å². The summed E-state index contributed by atoms with van der Waals surface area (Å²) in [6.45, 7) is 4.12. The van der Waals surface area contributed by atoms with E-state index in [1.54, 1.807) is 0 Å². The minimum atomic E-state index is -3.26. The average molecular weight is 290 g/mol. The third-order valence-corrected chi connectivity index (χ3v) is 5.16. The van der Waals surface area contributed by atoms with Gasteiger partial charge in [0.1, 0.15) is 0 Å². The van der Waals surface area contributed by atoms with Crippen LogP contribution in [0.5, 0.6) is 0 Å². The first-order valence-corrected chi connectivity index (χ1v) is 8.91. The topological polar surface area (TPSA) is 75.3 Å². The maximum atomic E-state index is 11.8. The van der Waals surface area contributed by atoms with Gasteiger partial charge in [0.2, 0.25) is 15.9 Å². The van der Waals surface area contributed by atoms with Crippen LogP contribution in [0.15, 0.2) is 0 Å². The van der Waals surface area contributed by atoms with Gasteiger partial charge in [-0.15, -0.1) is 0 Å². The summed E-state index contributed by atoms with van der Waals surface area (Å²) in [6.07, 6.45) is 5.63. The fraction of sp³-hybridized carbons (Fsp3) is 0.923. The van der Waals surface area contributed by atoms with E-state index in [9.17, 15) is 13.2 Å². The summed E-state index contributed by atoms with van der Waals surface area (Å²) in [5, 5.41) is 2.71. The molecule has 6 heteroatoms. The van der Waals surface area contributed by atoms with Crippen LogP contribution in [0.1, 0.15) is 52.4 Å². The molecule has 1 saturated carbocycles. The van der Waals surface area contributed by atoms with Gasteiger partial charge in [0, 0.05) is 18.5 Å². The van der Waals surface area contributed by atoms with Crippen molar-refractivity contribution < 1.29 is 13.2 Å². The Hall–Kier alpha value is -0.620. The molecular weight excluding hydrogens is 264 g/mol. The van der Waals surface area contributed by atoms with E-state index in [-0.39, 0.29) is 30.2 Å². The number of amides is 1. The number of nitrogens with one attached hydrogen (secondary N) is 2. The molecule has 0 aliphatic heterocycles. The largest absolute Gasteiger partial charge is 0.355 e. The highest BCUT2D eigenvalue weighted by Gasteiger charge is 2.21. The van der Waals surface area contributed by atoms with Crippen molar-refractivity contribution in [3.05, 3.63) is 0 Å². The molecule has 0 bridgehead atoms. The molecule has 2 N–H and O–H groups in total. The Balaban J connectivity index is 2.28. The smallest absolute Gasteiger partial charge is 0.223 e. The van der Waals surface area contributed by atoms with Gasteiger partial charge in [-0.3, -0.25) is 4.79 Å². The molecular formula is C13H26N2O3S. The van der Waals surface area contributed by atoms with E-state index < -0.39 is 10.0 Å².